The predicted molar refractivity (Wildman–Crippen MR) is 92.1 cm³/mol. The number of hydrogen-bond donors (Lipinski definition) is 4. The molecule has 0 spiro atoms. The number of rotatable bonds is 7. The largest absolute Gasteiger partial charge is 0.480 e. The first-order chi connectivity index (χ1) is 11.7. The van der Waals surface area contributed by atoms with Crippen molar-refractivity contribution in [2.75, 3.05) is 30.3 Å². The van der Waals surface area contributed by atoms with Crippen molar-refractivity contribution < 1.29 is 9.90 Å². The van der Waals surface area contributed by atoms with Gasteiger partial charge in [0, 0.05) is 30.5 Å². The van der Waals surface area contributed by atoms with E-state index in [1.165, 1.54) is 0 Å². The molecule has 0 atom stereocenters. The number of carboxylic acids is 1. The molecular formula is C16H18N6O2. The van der Waals surface area contributed by atoms with Gasteiger partial charge >= 0.3 is 5.97 Å². The molecule has 0 bridgehead atoms. The smallest absolute Gasteiger partial charge is 0.322 e. The molecule has 3 rings (SSSR count). The fourth-order valence-corrected chi connectivity index (χ4v) is 2.35. The molecule has 24 heavy (non-hydrogen) atoms. The van der Waals surface area contributed by atoms with Gasteiger partial charge in [-0.25, -0.2) is 9.50 Å². The summed E-state index contributed by atoms with van der Waals surface area (Å²) in [6.07, 6.45) is 3.57. The second-order valence-corrected chi connectivity index (χ2v) is 5.18. The predicted octanol–water partition coefficient (Wildman–Crippen LogP) is 1.26. The Morgan fingerprint density at radius 3 is 2.96 bits per heavy atom. The number of fused-ring (bicyclic) bond motifs is 1. The third-order valence-corrected chi connectivity index (χ3v) is 3.44. The number of anilines is 2. The van der Waals surface area contributed by atoms with Crippen LogP contribution in [0.3, 0.4) is 0 Å². The second-order valence-electron chi connectivity index (χ2n) is 5.18. The number of nitrogens with two attached hydrogens (primary N) is 1. The van der Waals surface area contributed by atoms with Crippen molar-refractivity contribution in [2.24, 2.45) is 5.73 Å². The first kappa shape index (κ1) is 15.8. The van der Waals surface area contributed by atoms with Crippen LogP contribution in [0.1, 0.15) is 0 Å². The fraction of sp³-hybridized carbons (Fsp3) is 0.188. The van der Waals surface area contributed by atoms with Crippen LogP contribution >= 0.6 is 0 Å². The van der Waals surface area contributed by atoms with E-state index < -0.39 is 5.97 Å². The number of aliphatic carboxylic acids is 1. The number of nitrogens with zero attached hydrogens (tertiary/aromatic N) is 3. The quantitative estimate of drug-likeness (QED) is 0.516. The Balaban J connectivity index is 1.93. The van der Waals surface area contributed by atoms with Crippen molar-refractivity contribution in [3.8, 4) is 11.1 Å². The van der Waals surface area contributed by atoms with E-state index in [4.69, 9.17) is 10.8 Å². The summed E-state index contributed by atoms with van der Waals surface area (Å²) in [7, 11) is 0. The number of aromatic nitrogens is 3. The van der Waals surface area contributed by atoms with Gasteiger partial charge in [-0.15, -0.1) is 0 Å². The molecule has 0 saturated carbocycles. The lowest BCUT2D eigenvalue weighted by Gasteiger charge is -2.07. The highest BCUT2D eigenvalue weighted by Crippen LogP contribution is 2.26. The van der Waals surface area contributed by atoms with Crippen LogP contribution < -0.4 is 16.4 Å². The second kappa shape index (κ2) is 6.97. The molecule has 0 unspecified atom stereocenters. The Bertz CT molecular complexity index is 861. The van der Waals surface area contributed by atoms with Gasteiger partial charge in [0.2, 0.25) is 0 Å². The molecule has 0 aliphatic heterocycles. The molecule has 0 fully saturated rings. The van der Waals surface area contributed by atoms with Crippen LogP contribution in [0, 0.1) is 0 Å². The van der Waals surface area contributed by atoms with Crippen LogP contribution in [0.2, 0.25) is 0 Å². The van der Waals surface area contributed by atoms with E-state index >= 15 is 0 Å². The number of benzene rings is 1. The summed E-state index contributed by atoms with van der Waals surface area (Å²) in [4.78, 5) is 15.3. The minimum absolute atomic E-state index is 0.135. The third kappa shape index (κ3) is 3.44. The molecule has 1 aromatic carbocycles. The molecule has 3 aromatic rings. The summed E-state index contributed by atoms with van der Waals surface area (Å²) in [6, 6.07) is 9.33. The highest BCUT2D eigenvalue weighted by molar-refractivity contribution is 5.80. The van der Waals surface area contributed by atoms with Gasteiger partial charge in [0.1, 0.15) is 12.4 Å². The van der Waals surface area contributed by atoms with Gasteiger partial charge in [-0.3, -0.25) is 4.79 Å². The summed E-state index contributed by atoms with van der Waals surface area (Å²) in [5.74, 6) is -0.177. The third-order valence-electron chi connectivity index (χ3n) is 3.44. The maximum atomic E-state index is 10.7. The minimum atomic E-state index is -0.909. The number of hydrogen-bond acceptors (Lipinski definition) is 6. The number of nitrogens with one attached hydrogen (secondary N) is 2. The monoisotopic (exact) mass is 326 g/mol. The van der Waals surface area contributed by atoms with Gasteiger partial charge in [0.05, 0.1) is 6.20 Å². The van der Waals surface area contributed by atoms with Crippen molar-refractivity contribution in [1.82, 2.24) is 14.6 Å². The lowest BCUT2D eigenvalue weighted by molar-refractivity contribution is -0.134. The van der Waals surface area contributed by atoms with Crippen LogP contribution in [0.5, 0.6) is 0 Å². The van der Waals surface area contributed by atoms with Gasteiger partial charge in [0.15, 0.2) is 5.65 Å². The first-order valence-electron chi connectivity index (χ1n) is 7.52. The van der Waals surface area contributed by atoms with Crippen LogP contribution in [0.25, 0.3) is 16.8 Å². The zero-order valence-corrected chi connectivity index (χ0v) is 12.9. The molecule has 2 heterocycles. The fourth-order valence-electron chi connectivity index (χ4n) is 2.35. The van der Waals surface area contributed by atoms with Gasteiger partial charge in [-0.05, 0) is 23.8 Å². The molecular weight excluding hydrogens is 308 g/mol. The Hall–Kier alpha value is -3.13. The van der Waals surface area contributed by atoms with Gasteiger partial charge in [0.25, 0.3) is 0 Å². The van der Waals surface area contributed by atoms with Gasteiger partial charge in [-0.2, -0.15) is 5.10 Å². The van der Waals surface area contributed by atoms with Crippen LogP contribution in [-0.4, -0.2) is 45.3 Å². The SMILES string of the molecule is NCCNc1ccn2ncc(-c3cccc(NCC(=O)O)c3)c2n1. The summed E-state index contributed by atoms with van der Waals surface area (Å²) in [5, 5.41) is 19.1. The maximum absolute atomic E-state index is 10.7. The lowest BCUT2D eigenvalue weighted by atomic mass is 10.1. The van der Waals surface area contributed by atoms with Gasteiger partial charge in [-0.1, -0.05) is 12.1 Å². The Labute approximate surface area is 138 Å². The zero-order valence-electron chi connectivity index (χ0n) is 12.9. The summed E-state index contributed by atoms with van der Waals surface area (Å²) in [6.45, 7) is 1.03. The molecule has 2 aromatic heterocycles. The summed E-state index contributed by atoms with van der Waals surface area (Å²) >= 11 is 0. The molecule has 0 aliphatic carbocycles. The van der Waals surface area contributed by atoms with E-state index in [0.717, 1.165) is 22.6 Å². The van der Waals surface area contributed by atoms with E-state index in [9.17, 15) is 4.79 Å². The highest BCUT2D eigenvalue weighted by atomic mass is 16.4. The first-order valence-corrected chi connectivity index (χ1v) is 7.52. The van der Waals surface area contributed by atoms with Crippen molar-refractivity contribution in [3.63, 3.8) is 0 Å². The number of carboxylic acid groups (broad SMARTS) is 1. The Morgan fingerprint density at radius 1 is 1.29 bits per heavy atom. The number of carbonyl (C=O) groups is 1. The van der Waals surface area contributed by atoms with Crippen LogP contribution in [-0.2, 0) is 4.79 Å². The van der Waals surface area contributed by atoms with E-state index in [1.54, 1.807) is 10.7 Å². The maximum Gasteiger partial charge on any atom is 0.322 e. The zero-order chi connectivity index (χ0) is 16.9. The Kier molecular flexibility index (Phi) is 4.57. The normalized spacial score (nSPS) is 10.7. The van der Waals surface area contributed by atoms with Crippen LogP contribution in [0.15, 0.2) is 42.7 Å². The minimum Gasteiger partial charge on any atom is -0.480 e. The topological polar surface area (TPSA) is 118 Å². The van der Waals surface area contributed by atoms with Crippen molar-refractivity contribution in [3.05, 3.63) is 42.7 Å². The molecule has 0 radical (unpaired) electrons. The van der Waals surface area contributed by atoms with E-state index in [2.05, 4.69) is 20.7 Å². The molecule has 8 heteroatoms. The molecule has 5 N–H and O–H groups in total. The summed E-state index contributed by atoms with van der Waals surface area (Å²) in [5.41, 5.74) is 8.72. The molecule has 0 saturated heterocycles. The average Bonchev–Trinajstić information content (AvgIpc) is 3.01. The summed E-state index contributed by atoms with van der Waals surface area (Å²) < 4.78 is 1.69. The van der Waals surface area contributed by atoms with Crippen molar-refractivity contribution >= 4 is 23.1 Å². The molecule has 0 amide bonds. The standard InChI is InChI=1S/C16H18N6O2/c17-5-6-18-14-4-7-22-16(21-14)13(9-20-22)11-2-1-3-12(8-11)19-10-15(23)24/h1-4,7-9,19H,5-6,10,17H2,(H,18,21)(H,23,24). The van der Waals surface area contributed by atoms with Gasteiger partial charge < -0.3 is 21.5 Å². The lowest BCUT2D eigenvalue weighted by Crippen LogP contribution is -2.14. The average molecular weight is 326 g/mol. The van der Waals surface area contributed by atoms with E-state index in [0.29, 0.717) is 18.7 Å². The van der Waals surface area contributed by atoms with Crippen LogP contribution in [0.4, 0.5) is 11.5 Å². The van der Waals surface area contributed by atoms with Crippen molar-refractivity contribution in [1.29, 1.82) is 0 Å². The molecule has 0 aliphatic rings. The molecule has 8 nitrogen and oxygen atoms in total. The van der Waals surface area contributed by atoms with E-state index in [1.807, 2.05) is 36.5 Å². The Morgan fingerprint density at radius 2 is 2.17 bits per heavy atom. The highest BCUT2D eigenvalue weighted by Gasteiger charge is 2.10. The molecule has 124 valence electrons. The van der Waals surface area contributed by atoms with Crippen molar-refractivity contribution in [2.45, 2.75) is 0 Å². The van der Waals surface area contributed by atoms with E-state index in [-0.39, 0.29) is 6.54 Å².